The first kappa shape index (κ1) is 10.8. The maximum atomic E-state index is 5.83. The van der Waals surface area contributed by atoms with E-state index in [-0.39, 0.29) is 5.95 Å². The Morgan fingerprint density at radius 1 is 1.17 bits per heavy atom. The highest BCUT2D eigenvalue weighted by atomic mass is 35.5. The van der Waals surface area contributed by atoms with E-state index in [0.717, 1.165) is 11.1 Å². The molecule has 0 radical (unpaired) electrons. The van der Waals surface area contributed by atoms with Crippen LogP contribution in [-0.2, 0) is 0 Å². The molecular formula is C11H9ClN6. The van der Waals surface area contributed by atoms with E-state index in [1.165, 1.54) is 0 Å². The number of hydrogen-bond donors (Lipinski definition) is 3. The monoisotopic (exact) mass is 260 g/mol. The summed E-state index contributed by atoms with van der Waals surface area (Å²) in [5.41, 5.74) is 7.09. The highest BCUT2D eigenvalue weighted by Crippen LogP contribution is 2.23. The van der Waals surface area contributed by atoms with Crippen LogP contribution in [0.2, 0.25) is 5.02 Å². The number of halogens is 1. The number of nitrogens with one attached hydrogen (secondary N) is 2. The van der Waals surface area contributed by atoms with Crippen molar-refractivity contribution in [2.75, 3.05) is 11.1 Å². The average molecular weight is 261 g/mol. The number of fused-ring (bicyclic) bond motifs is 1. The van der Waals surface area contributed by atoms with Gasteiger partial charge in [0.2, 0.25) is 5.95 Å². The van der Waals surface area contributed by atoms with Crippen LogP contribution in [0.1, 0.15) is 0 Å². The molecule has 0 bridgehead atoms. The Bertz CT molecular complexity index is 690. The lowest BCUT2D eigenvalue weighted by Gasteiger charge is -2.06. The molecule has 0 saturated heterocycles. The number of benzene rings is 1. The van der Waals surface area contributed by atoms with Gasteiger partial charge >= 0.3 is 0 Å². The molecule has 3 aromatic rings. The maximum Gasteiger partial charge on any atom is 0.224 e. The maximum absolute atomic E-state index is 5.83. The third-order valence-corrected chi connectivity index (χ3v) is 2.69. The van der Waals surface area contributed by atoms with Gasteiger partial charge in [0.05, 0.1) is 11.6 Å². The van der Waals surface area contributed by atoms with E-state index in [0.29, 0.717) is 16.5 Å². The van der Waals surface area contributed by atoms with Crippen molar-refractivity contribution in [3.63, 3.8) is 0 Å². The van der Waals surface area contributed by atoms with Crippen molar-refractivity contribution in [2.45, 2.75) is 0 Å². The number of aromatic nitrogens is 4. The molecule has 3 rings (SSSR count). The normalized spacial score (nSPS) is 10.7. The lowest BCUT2D eigenvalue weighted by atomic mass is 10.3. The minimum absolute atomic E-state index is 0.184. The third-order valence-electron chi connectivity index (χ3n) is 2.43. The molecule has 0 amide bonds. The number of nitrogens with two attached hydrogens (primary N) is 1. The molecule has 2 aromatic heterocycles. The highest BCUT2D eigenvalue weighted by molar-refractivity contribution is 6.30. The molecule has 4 N–H and O–H groups in total. The van der Waals surface area contributed by atoms with Gasteiger partial charge in [-0.3, -0.25) is 5.10 Å². The number of rotatable bonds is 2. The lowest BCUT2D eigenvalue weighted by molar-refractivity contribution is 1.09. The number of nitrogen functional groups attached to an aromatic ring is 1. The summed E-state index contributed by atoms with van der Waals surface area (Å²) in [4.78, 5) is 8.19. The van der Waals surface area contributed by atoms with Crippen LogP contribution >= 0.6 is 11.6 Å². The number of hydrogen-bond acceptors (Lipinski definition) is 5. The van der Waals surface area contributed by atoms with Gasteiger partial charge in [-0.25, -0.2) is 0 Å². The van der Waals surface area contributed by atoms with E-state index >= 15 is 0 Å². The highest BCUT2D eigenvalue weighted by Gasteiger charge is 2.07. The second-order valence-electron chi connectivity index (χ2n) is 3.69. The summed E-state index contributed by atoms with van der Waals surface area (Å²) in [5.74, 6) is 0.789. The number of anilines is 3. The quantitative estimate of drug-likeness (QED) is 0.658. The minimum Gasteiger partial charge on any atom is -0.368 e. The molecule has 1 aromatic carbocycles. The first-order chi connectivity index (χ1) is 8.72. The molecule has 90 valence electrons. The molecule has 0 atom stereocenters. The fourth-order valence-electron chi connectivity index (χ4n) is 1.62. The predicted octanol–water partition coefficient (Wildman–Crippen LogP) is 2.33. The van der Waals surface area contributed by atoms with Crippen molar-refractivity contribution < 1.29 is 0 Å². The molecule has 0 aliphatic heterocycles. The van der Waals surface area contributed by atoms with Crippen LogP contribution < -0.4 is 11.1 Å². The molecule has 7 heteroatoms. The minimum atomic E-state index is 0.184. The zero-order chi connectivity index (χ0) is 12.5. The van der Waals surface area contributed by atoms with Crippen molar-refractivity contribution in [3.05, 3.63) is 35.5 Å². The van der Waals surface area contributed by atoms with Gasteiger partial charge in [-0.05, 0) is 24.3 Å². The SMILES string of the molecule is Nc1nc(Nc2ccc(Cl)cc2)c2cn[nH]c2n1. The fourth-order valence-corrected chi connectivity index (χ4v) is 1.74. The first-order valence-corrected chi connectivity index (χ1v) is 5.59. The van der Waals surface area contributed by atoms with Crippen molar-refractivity contribution in [1.82, 2.24) is 20.2 Å². The van der Waals surface area contributed by atoms with E-state index in [9.17, 15) is 0 Å². The fraction of sp³-hybridized carbons (Fsp3) is 0. The summed E-state index contributed by atoms with van der Waals surface area (Å²) >= 11 is 5.83. The second kappa shape index (κ2) is 4.15. The zero-order valence-corrected chi connectivity index (χ0v) is 9.94. The standard InChI is InChI=1S/C11H9ClN6/c12-6-1-3-7(4-2-6)15-9-8-5-14-18-10(8)17-11(13)16-9/h1-5H,(H4,13,14,15,16,17,18). The Morgan fingerprint density at radius 2 is 1.94 bits per heavy atom. The van der Waals surface area contributed by atoms with Crippen LogP contribution in [0.3, 0.4) is 0 Å². The van der Waals surface area contributed by atoms with Crippen LogP contribution in [0.15, 0.2) is 30.5 Å². The number of nitrogens with zero attached hydrogens (tertiary/aromatic N) is 3. The van der Waals surface area contributed by atoms with Crippen molar-refractivity contribution in [2.24, 2.45) is 0 Å². The van der Waals surface area contributed by atoms with Crippen LogP contribution in [0.5, 0.6) is 0 Å². The second-order valence-corrected chi connectivity index (χ2v) is 4.13. The van der Waals surface area contributed by atoms with Gasteiger partial charge in [0.15, 0.2) is 5.65 Å². The summed E-state index contributed by atoms with van der Waals surface area (Å²) in [6.07, 6.45) is 1.65. The summed E-state index contributed by atoms with van der Waals surface area (Å²) in [7, 11) is 0. The average Bonchev–Trinajstić information content (AvgIpc) is 2.80. The van der Waals surface area contributed by atoms with E-state index in [4.69, 9.17) is 17.3 Å². The Morgan fingerprint density at radius 3 is 2.72 bits per heavy atom. The molecule has 0 saturated carbocycles. The van der Waals surface area contributed by atoms with Gasteiger partial charge in [0.1, 0.15) is 5.82 Å². The van der Waals surface area contributed by atoms with Crippen molar-refractivity contribution >= 4 is 40.1 Å². The summed E-state index contributed by atoms with van der Waals surface area (Å²) in [6.45, 7) is 0. The van der Waals surface area contributed by atoms with Gasteiger partial charge in [-0.2, -0.15) is 15.1 Å². The van der Waals surface area contributed by atoms with Gasteiger partial charge in [0, 0.05) is 10.7 Å². The van der Waals surface area contributed by atoms with Crippen LogP contribution in [0.4, 0.5) is 17.5 Å². The molecule has 6 nitrogen and oxygen atoms in total. The smallest absolute Gasteiger partial charge is 0.224 e. The summed E-state index contributed by atoms with van der Waals surface area (Å²) in [5, 5.41) is 11.3. The van der Waals surface area contributed by atoms with E-state index in [1.807, 2.05) is 12.1 Å². The molecule has 18 heavy (non-hydrogen) atoms. The Hall–Kier alpha value is -2.34. The van der Waals surface area contributed by atoms with E-state index in [2.05, 4.69) is 25.5 Å². The first-order valence-electron chi connectivity index (χ1n) is 5.21. The molecule has 0 fully saturated rings. The van der Waals surface area contributed by atoms with E-state index < -0.39 is 0 Å². The van der Waals surface area contributed by atoms with Crippen molar-refractivity contribution in [3.8, 4) is 0 Å². The van der Waals surface area contributed by atoms with Gasteiger partial charge < -0.3 is 11.1 Å². The number of H-pyrrole nitrogens is 1. The zero-order valence-electron chi connectivity index (χ0n) is 9.18. The summed E-state index contributed by atoms with van der Waals surface area (Å²) in [6, 6.07) is 7.29. The van der Waals surface area contributed by atoms with Crippen LogP contribution in [0.25, 0.3) is 11.0 Å². The molecular weight excluding hydrogens is 252 g/mol. The molecule has 2 heterocycles. The molecule has 0 unspecified atom stereocenters. The van der Waals surface area contributed by atoms with Gasteiger partial charge in [-0.1, -0.05) is 11.6 Å². The largest absolute Gasteiger partial charge is 0.368 e. The third kappa shape index (κ3) is 1.93. The van der Waals surface area contributed by atoms with Gasteiger partial charge in [0.25, 0.3) is 0 Å². The van der Waals surface area contributed by atoms with Gasteiger partial charge in [-0.15, -0.1) is 0 Å². The van der Waals surface area contributed by atoms with Crippen LogP contribution in [-0.4, -0.2) is 20.2 Å². The Balaban J connectivity index is 2.03. The molecule has 0 aliphatic carbocycles. The molecule has 0 spiro atoms. The van der Waals surface area contributed by atoms with Crippen LogP contribution in [0, 0.1) is 0 Å². The summed E-state index contributed by atoms with van der Waals surface area (Å²) < 4.78 is 0. The molecule has 0 aliphatic rings. The van der Waals surface area contributed by atoms with Crippen molar-refractivity contribution in [1.29, 1.82) is 0 Å². The Kier molecular flexibility index (Phi) is 2.49. The lowest BCUT2D eigenvalue weighted by Crippen LogP contribution is -2.00. The number of aromatic amines is 1. The van der Waals surface area contributed by atoms with E-state index in [1.54, 1.807) is 18.3 Å². The predicted molar refractivity (Wildman–Crippen MR) is 70.8 cm³/mol. The topological polar surface area (TPSA) is 92.5 Å². The Labute approximate surface area is 107 Å².